The van der Waals surface area contributed by atoms with Crippen molar-refractivity contribution in [1.82, 2.24) is 9.97 Å². The zero-order valence-electron chi connectivity index (χ0n) is 16.9. The summed E-state index contributed by atoms with van der Waals surface area (Å²) in [5.41, 5.74) is -5.89. The molecular weight excluding hydrogens is 523 g/mol. The van der Waals surface area contributed by atoms with Gasteiger partial charge in [-0.15, -0.1) is 3.77 Å². The van der Waals surface area contributed by atoms with Crippen LogP contribution in [0.2, 0.25) is 0 Å². The van der Waals surface area contributed by atoms with E-state index in [1.54, 1.807) is 32.9 Å². The average molecular weight is 544 g/mol. The summed E-state index contributed by atoms with van der Waals surface area (Å²) in [5.74, 6) is 0.691. The first-order valence-corrected chi connectivity index (χ1v) is 12.5. The zero-order chi connectivity index (χ0) is 23.6. The standard InChI is InChI=1S/C17H21BrF3N5O3S2/c1-10(16(2,3)27)23-14-13(18)9-22-15(25-14)24-11-5-7-12(8-6-11)30(4)26-31(28,29)17(19,20)21/h5-10,27H,1-4H3,(H2,22,23,24,25)/t10-,30?/m1/s1. The van der Waals surface area contributed by atoms with Crippen molar-refractivity contribution >= 4 is 54.1 Å². The van der Waals surface area contributed by atoms with E-state index >= 15 is 0 Å². The molecule has 14 heteroatoms. The Labute approximate surface area is 189 Å². The van der Waals surface area contributed by atoms with Crippen molar-refractivity contribution < 1.29 is 26.7 Å². The van der Waals surface area contributed by atoms with E-state index in [9.17, 15) is 26.7 Å². The van der Waals surface area contributed by atoms with Gasteiger partial charge in [0.05, 0.1) is 16.1 Å². The molecule has 1 unspecified atom stereocenters. The van der Waals surface area contributed by atoms with Gasteiger partial charge < -0.3 is 15.7 Å². The number of hydrogen-bond donors (Lipinski definition) is 3. The Hall–Kier alpha value is -1.77. The maximum absolute atomic E-state index is 12.5. The van der Waals surface area contributed by atoms with E-state index in [0.29, 0.717) is 20.9 Å². The summed E-state index contributed by atoms with van der Waals surface area (Å²) in [6.45, 7) is 5.12. The fourth-order valence-electron chi connectivity index (χ4n) is 2.01. The first-order chi connectivity index (χ1) is 14.1. The van der Waals surface area contributed by atoms with E-state index in [-0.39, 0.29) is 12.0 Å². The van der Waals surface area contributed by atoms with Crippen LogP contribution in [0.1, 0.15) is 20.8 Å². The fourth-order valence-corrected chi connectivity index (χ4v) is 4.70. The number of hydrogen-bond acceptors (Lipinski definition) is 7. The number of aliphatic hydroxyl groups is 1. The van der Waals surface area contributed by atoms with Gasteiger partial charge in [0, 0.05) is 16.8 Å². The molecule has 0 fully saturated rings. The van der Waals surface area contributed by atoms with Gasteiger partial charge in [0.1, 0.15) is 5.82 Å². The van der Waals surface area contributed by atoms with Crippen molar-refractivity contribution in [3.8, 4) is 0 Å². The third-order valence-electron chi connectivity index (χ3n) is 4.11. The molecule has 2 rings (SSSR count). The lowest BCUT2D eigenvalue weighted by atomic mass is 10.0. The average Bonchev–Trinajstić information content (AvgIpc) is 2.63. The SMILES string of the molecule is C[C@@H](Nc1nc(Nc2ccc(/S(C)=N/S(=O)(=O)C(F)(F)F)cc2)ncc1Br)C(C)(C)O. The zero-order valence-corrected chi connectivity index (χ0v) is 20.1. The maximum atomic E-state index is 12.5. The highest BCUT2D eigenvalue weighted by molar-refractivity contribution is 9.10. The molecule has 2 aromatic rings. The Bertz CT molecular complexity index is 1070. The number of rotatable bonds is 7. The van der Waals surface area contributed by atoms with Gasteiger partial charge in [-0.2, -0.15) is 26.6 Å². The molecule has 3 N–H and O–H groups in total. The van der Waals surface area contributed by atoms with Crippen LogP contribution in [0.5, 0.6) is 0 Å². The van der Waals surface area contributed by atoms with Gasteiger partial charge in [-0.3, -0.25) is 0 Å². The molecule has 0 aliphatic heterocycles. The highest BCUT2D eigenvalue weighted by Crippen LogP contribution is 2.27. The van der Waals surface area contributed by atoms with E-state index in [1.165, 1.54) is 24.6 Å². The van der Waals surface area contributed by atoms with Gasteiger partial charge in [-0.05, 0) is 67.2 Å². The Kier molecular flexibility index (Phi) is 7.72. The van der Waals surface area contributed by atoms with Crippen molar-refractivity contribution in [2.45, 2.75) is 42.8 Å². The van der Waals surface area contributed by atoms with E-state index in [1.807, 2.05) is 0 Å². The Morgan fingerprint density at radius 1 is 1.23 bits per heavy atom. The molecule has 0 bridgehead atoms. The summed E-state index contributed by atoms with van der Waals surface area (Å²) < 4.78 is 63.4. The summed E-state index contributed by atoms with van der Waals surface area (Å²) >= 11 is 3.34. The van der Waals surface area contributed by atoms with Crippen LogP contribution in [0.3, 0.4) is 0 Å². The predicted octanol–water partition coefficient (Wildman–Crippen LogP) is 4.19. The molecule has 0 radical (unpaired) electrons. The second-order valence-electron chi connectivity index (χ2n) is 7.03. The number of anilines is 3. The van der Waals surface area contributed by atoms with Crippen molar-refractivity contribution in [3.05, 3.63) is 34.9 Å². The summed E-state index contributed by atoms with van der Waals surface area (Å²) in [4.78, 5) is 8.80. The predicted molar refractivity (Wildman–Crippen MR) is 118 cm³/mol. The van der Waals surface area contributed by atoms with Crippen LogP contribution in [-0.4, -0.2) is 46.9 Å². The fraction of sp³-hybridized carbons (Fsp3) is 0.412. The van der Waals surface area contributed by atoms with E-state index < -0.39 is 31.8 Å². The molecule has 1 aromatic carbocycles. The van der Waals surface area contributed by atoms with Crippen LogP contribution in [-0.2, 0) is 20.7 Å². The van der Waals surface area contributed by atoms with Crippen molar-refractivity contribution in [3.63, 3.8) is 0 Å². The Morgan fingerprint density at radius 2 is 1.81 bits per heavy atom. The minimum Gasteiger partial charge on any atom is -0.388 e. The van der Waals surface area contributed by atoms with Gasteiger partial charge in [0.2, 0.25) is 5.95 Å². The molecule has 1 aromatic heterocycles. The van der Waals surface area contributed by atoms with E-state index in [4.69, 9.17) is 0 Å². The van der Waals surface area contributed by atoms with Crippen LogP contribution in [0.25, 0.3) is 0 Å². The maximum Gasteiger partial charge on any atom is 0.519 e. The molecule has 0 aliphatic carbocycles. The third kappa shape index (κ3) is 6.85. The Balaban J connectivity index is 2.19. The highest BCUT2D eigenvalue weighted by atomic mass is 79.9. The van der Waals surface area contributed by atoms with Crippen LogP contribution in [0.4, 0.5) is 30.6 Å². The summed E-state index contributed by atoms with van der Waals surface area (Å²) in [6, 6.07) is 5.72. The van der Waals surface area contributed by atoms with Crippen molar-refractivity contribution in [1.29, 1.82) is 0 Å². The number of nitrogens with zero attached hydrogens (tertiary/aromatic N) is 3. The quantitative estimate of drug-likeness (QED) is 0.479. The lowest BCUT2D eigenvalue weighted by molar-refractivity contribution is -0.0434. The largest absolute Gasteiger partial charge is 0.519 e. The van der Waals surface area contributed by atoms with Crippen molar-refractivity contribution in [2.24, 2.45) is 3.77 Å². The molecule has 31 heavy (non-hydrogen) atoms. The van der Waals surface area contributed by atoms with Crippen LogP contribution in [0, 0.1) is 0 Å². The molecule has 0 saturated carbocycles. The molecule has 0 spiro atoms. The van der Waals surface area contributed by atoms with Crippen molar-refractivity contribution in [2.75, 3.05) is 16.9 Å². The second-order valence-corrected chi connectivity index (χ2v) is 11.3. The summed E-state index contributed by atoms with van der Waals surface area (Å²) in [7, 11) is -7.07. The lowest BCUT2D eigenvalue weighted by Gasteiger charge is -2.27. The minimum atomic E-state index is -5.56. The number of sulfonamides is 1. The number of halogens is 4. The number of benzene rings is 1. The molecule has 172 valence electrons. The van der Waals surface area contributed by atoms with E-state index in [2.05, 4.69) is 40.3 Å². The summed E-state index contributed by atoms with van der Waals surface area (Å²) in [5, 5.41) is 16.1. The number of nitrogens with one attached hydrogen (secondary N) is 2. The number of aromatic nitrogens is 2. The van der Waals surface area contributed by atoms with Gasteiger partial charge in [-0.25, -0.2) is 4.98 Å². The van der Waals surface area contributed by atoms with E-state index in [0.717, 1.165) is 0 Å². The highest BCUT2D eigenvalue weighted by Gasteiger charge is 2.46. The lowest BCUT2D eigenvalue weighted by Crippen LogP contribution is -2.39. The first kappa shape index (κ1) is 25.5. The molecule has 8 nitrogen and oxygen atoms in total. The monoisotopic (exact) mass is 543 g/mol. The van der Waals surface area contributed by atoms with Gasteiger partial charge in [-0.1, -0.05) is 10.7 Å². The van der Waals surface area contributed by atoms with Gasteiger partial charge in [0.15, 0.2) is 0 Å². The van der Waals surface area contributed by atoms with Gasteiger partial charge in [0.25, 0.3) is 0 Å². The summed E-state index contributed by atoms with van der Waals surface area (Å²) in [6.07, 6.45) is 2.80. The molecule has 0 aliphatic rings. The number of alkyl halides is 3. The van der Waals surface area contributed by atoms with Crippen LogP contribution in [0.15, 0.2) is 43.6 Å². The van der Waals surface area contributed by atoms with Crippen LogP contribution < -0.4 is 10.6 Å². The topological polar surface area (TPSA) is 117 Å². The van der Waals surface area contributed by atoms with Gasteiger partial charge >= 0.3 is 15.5 Å². The minimum absolute atomic E-state index is 0.237. The second kappa shape index (κ2) is 9.38. The first-order valence-electron chi connectivity index (χ1n) is 8.69. The molecule has 2 atom stereocenters. The molecule has 1 heterocycles. The smallest absolute Gasteiger partial charge is 0.388 e. The third-order valence-corrected chi connectivity index (χ3v) is 7.91. The van der Waals surface area contributed by atoms with Crippen LogP contribution >= 0.6 is 15.9 Å². The molecule has 0 saturated heterocycles. The molecule has 0 amide bonds. The normalized spacial score (nSPS) is 14.9. The Morgan fingerprint density at radius 3 is 2.32 bits per heavy atom. The molecular formula is C17H21BrF3N5O3S2.